The molecule has 3 heterocycles. The van der Waals surface area contributed by atoms with Gasteiger partial charge in [-0.15, -0.1) is 0 Å². The SMILES string of the molecule is O=C(N1CCCCC1)N1c2ccc(F)cc2C2(CCNCC2)[C@H]1CC1CC1. The molecule has 1 spiro atoms. The third-order valence-electron chi connectivity index (χ3n) is 7.29. The van der Waals surface area contributed by atoms with E-state index in [2.05, 4.69) is 10.2 Å². The first kappa shape index (κ1) is 17.5. The average Bonchev–Trinajstić information content (AvgIpc) is 3.50. The molecule has 3 aliphatic heterocycles. The van der Waals surface area contributed by atoms with Gasteiger partial charge in [-0.3, -0.25) is 4.90 Å². The van der Waals surface area contributed by atoms with Gasteiger partial charge in [0.2, 0.25) is 0 Å². The molecule has 1 aromatic carbocycles. The largest absolute Gasteiger partial charge is 0.324 e. The molecule has 5 heteroatoms. The number of fused-ring (bicyclic) bond motifs is 2. The molecular weight excluding hydrogens is 341 g/mol. The van der Waals surface area contributed by atoms with Crippen LogP contribution in [0.3, 0.4) is 0 Å². The fourth-order valence-corrected chi connectivity index (χ4v) is 5.66. The minimum atomic E-state index is -0.177. The number of carbonyl (C=O) groups excluding carboxylic acids is 1. The third kappa shape index (κ3) is 2.95. The second-order valence-electron chi connectivity index (χ2n) is 8.96. The van der Waals surface area contributed by atoms with E-state index in [4.69, 9.17) is 0 Å². The van der Waals surface area contributed by atoms with E-state index in [9.17, 15) is 9.18 Å². The van der Waals surface area contributed by atoms with Crippen molar-refractivity contribution in [2.75, 3.05) is 31.1 Å². The number of nitrogens with one attached hydrogen (secondary N) is 1. The Morgan fingerprint density at radius 1 is 1.15 bits per heavy atom. The Morgan fingerprint density at radius 3 is 2.59 bits per heavy atom. The molecular formula is C22H30FN3O. The van der Waals surface area contributed by atoms with Crippen molar-refractivity contribution < 1.29 is 9.18 Å². The van der Waals surface area contributed by atoms with Crippen molar-refractivity contribution in [3.8, 4) is 0 Å². The van der Waals surface area contributed by atoms with Gasteiger partial charge in [0.15, 0.2) is 0 Å². The quantitative estimate of drug-likeness (QED) is 0.852. The van der Waals surface area contributed by atoms with Crippen molar-refractivity contribution in [1.82, 2.24) is 10.2 Å². The number of carbonyl (C=O) groups is 1. The van der Waals surface area contributed by atoms with Gasteiger partial charge in [0.05, 0.1) is 0 Å². The summed E-state index contributed by atoms with van der Waals surface area (Å²) in [6.45, 7) is 3.61. The number of hydrogen-bond acceptors (Lipinski definition) is 2. The van der Waals surface area contributed by atoms with Gasteiger partial charge < -0.3 is 10.2 Å². The first-order valence-electron chi connectivity index (χ1n) is 10.8. The van der Waals surface area contributed by atoms with Crippen molar-refractivity contribution in [1.29, 1.82) is 0 Å². The van der Waals surface area contributed by atoms with Gasteiger partial charge in [-0.25, -0.2) is 9.18 Å². The van der Waals surface area contributed by atoms with E-state index in [0.29, 0.717) is 0 Å². The Kier molecular flexibility index (Phi) is 4.38. The van der Waals surface area contributed by atoms with Crippen LogP contribution >= 0.6 is 0 Å². The Labute approximate surface area is 161 Å². The zero-order chi connectivity index (χ0) is 18.4. The highest BCUT2D eigenvalue weighted by atomic mass is 19.1. The van der Waals surface area contributed by atoms with Gasteiger partial charge in [-0.05, 0) is 81.3 Å². The van der Waals surface area contributed by atoms with Crippen LogP contribution in [0.4, 0.5) is 14.9 Å². The van der Waals surface area contributed by atoms with E-state index in [1.807, 2.05) is 11.0 Å². The van der Waals surface area contributed by atoms with Crippen molar-refractivity contribution in [3.05, 3.63) is 29.6 Å². The van der Waals surface area contributed by atoms with Crippen LogP contribution in [0.2, 0.25) is 0 Å². The van der Waals surface area contributed by atoms with Crippen molar-refractivity contribution in [2.45, 2.75) is 62.8 Å². The summed E-state index contributed by atoms with van der Waals surface area (Å²) in [6, 6.07) is 5.46. The number of anilines is 1. The lowest BCUT2D eigenvalue weighted by molar-refractivity contribution is 0.181. The fraction of sp³-hybridized carbons (Fsp3) is 0.682. The summed E-state index contributed by atoms with van der Waals surface area (Å²) < 4.78 is 14.3. The van der Waals surface area contributed by atoms with Gasteiger partial charge in [0.1, 0.15) is 5.82 Å². The highest BCUT2D eigenvalue weighted by Gasteiger charge is 2.54. The highest BCUT2D eigenvalue weighted by molar-refractivity contribution is 5.96. The van der Waals surface area contributed by atoms with Crippen LogP contribution < -0.4 is 10.2 Å². The summed E-state index contributed by atoms with van der Waals surface area (Å²) in [5.41, 5.74) is 1.97. The lowest BCUT2D eigenvalue weighted by atomic mass is 9.68. The van der Waals surface area contributed by atoms with Gasteiger partial charge in [0, 0.05) is 30.2 Å². The molecule has 1 aromatic rings. The van der Waals surface area contributed by atoms with Crippen LogP contribution in [0.25, 0.3) is 0 Å². The maximum Gasteiger partial charge on any atom is 0.324 e. The summed E-state index contributed by atoms with van der Waals surface area (Å²) in [5, 5.41) is 3.47. The highest BCUT2D eigenvalue weighted by Crippen LogP contribution is 2.54. The number of rotatable bonds is 2. The Balaban J connectivity index is 1.58. The molecule has 146 valence electrons. The predicted molar refractivity (Wildman–Crippen MR) is 105 cm³/mol. The first-order chi connectivity index (χ1) is 13.2. The monoisotopic (exact) mass is 371 g/mol. The average molecular weight is 372 g/mol. The van der Waals surface area contributed by atoms with Crippen molar-refractivity contribution >= 4 is 11.7 Å². The molecule has 0 unspecified atom stereocenters. The molecule has 4 nitrogen and oxygen atoms in total. The van der Waals surface area contributed by atoms with Crippen LogP contribution in [0.1, 0.15) is 56.9 Å². The summed E-state index contributed by atoms with van der Waals surface area (Å²) >= 11 is 0. The molecule has 2 saturated heterocycles. The van der Waals surface area contributed by atoms with Gasteiger partial charge in [0.25, 0.3) is 0 Å². The van der Waals surface area contributed by atoms with Crippen LogP contribution in [0.15, 0.2) is 18.2 Å². The Morgan fingerprint density at radius 2 is 1.89 bits per heavy atom. The zero-order valence-corrected chi connectivity index (χ0v) is 16.1. The molecule has 3 fully saturated rings. The molecule has 1 aliphatic carbocycles. The van der Waals surface area contributed by atoms with E-state index in [1.165, 1.54) is 25.3 Å². The molecule has 1 N–H and O–H groups in total. The molecule has 0 aromatic heterocycles. The number of hydrogen-bond donors (Lipinski definition) is 1. The van der Waals surface area contributed by atoms with Gasteiger partial charge in [-0.1, -0.05) is 12.8 Å². The minimum Gasteiger partial charge on any atom is -0.324 e. The van der Waals surface area contributed by atoms with Gasteiger partial charge >= 0.3 is 6.03 Å². The second kappa shape index (κ2) is 6.77. The normalized spacial score (nSPS) is 27.1. The molecule has 0 bridgehead atoms. The van der Waals surface area contributed by atoms with Crippen LogP contribution in [0, 0.1) is 11.7 Å². The Hall–Kier alpha value is -1.62. The van der Waals surface area contributed by atoms with Crippen LogP contribution in [0.5, 0.6) is 0 Å². The molecule has 27 heavy (non-hydrogen) atoms. The predicted octanol–water partition coefficient (Wildman–Crippen LogP) is 4.04. The number of halogens is 1. The second-order valence-corrected chi connectivity index (χ2v) is 8.96. The van der Waals surface area contributed by atoms with E-state index >= 15 is 0 Å². The lowest BCUT2D eigenvalue weighted by Crippen LogP contribution is -2.55. The van der Waals surface area contributed by atoms with Crippen LogP contribution in [-0.4, -0.2) is 43.2 Å². The van der Waals surface area contributed by atoms with Crippen molar-refractivity contribution in [3.63, 3.8) is 0 Å². The standard InChI is InChI=1S/C22H30FN3O/c23-17-6-7-19-18(15-17)22(8-10-24-11-9-22)20(14-16-4-5-16)26(19)21(27)25-12-2-1-3-13-25/h6-7,15-16,20,24H,1-5,8-14H2/t20-/m1/s1. The molecule has 0 radical (unpaired) electrons. The van der Waals surface area contributed by atoms with E-state index < -0.39 is 0 Å². The van der Waals surface area contributed by atoms with Crippen LogP contribution in [-0.2, 0) is 5.41 Å². The number of likely N-dealkylation sites (tertiary alicyclic amines) is 1. The fourth-order valence-electron chi connectivity index (χ4n) is 5.66. The topological polar surface area (TPSA) is 35.6 Å². The number of nitrogens with zero attached hydrogens (tertiary/aromatic N) is 2. The first-order valence-corrected chi connectivity index (χ1v) is 10.8. The maximum atomic E-state index is 14.3. The van der Waals surface area contributed by atoms with Gasteiger partial charge in [-0.2, -0.15) is 0 Å². The van der Waals surface area contributed by atoms with Crippen molar-refractivity contribution in [2.24, 2.45) is 5.92 Å². The Bertz CT molecular complexity index is 720. The molecule has 5 rings (SSSR count). The number of amides is 2. The van der Waals surface area contributed by atoms with E-state index in [0.717, 1.165) is 75.5 Å². The molecule has 2 amide bonds. The summed E-state index contributed by atoms with van der Waals surface area (Å²) in [4.78, 5) is 17.8. The van der Waals surface area contributed by atoms with E-state index in [-0.39, 0.29) is 23.3 Å². The maximum absolute atomic E-state index is 14.3. The molecule has 4 aliphatic rings. The summed E-state index contributed by atoms with van der Waals surface area (Å²) in [7, 11) is 0. The zero-order valence-electron chi connectivity index (χ0n) is 16.1. The minimum absolute atomic E-state index is 0.0866. The smallest absolute Gasteiger partial charge is 0.324 e. The van der Waals surface area contributed by atoms with E-state index in [1.54, 1.807) is 6.07 Å². The summed E-state index contributed by atoms with van der Waals surface area (Å²) in [6.07, 6.45) is 9.01. The number of urea groups is 1. The summed E-state index contributed by atoms with van der Waals surface area (Å²) in [5.74, 6) is 0.557. The molecule has 1 atom stereocenters. The number of piperidine rings is 2. The number of benzene rings is 1. The molecule has 1 saturated carbocycles. The third-order valence-corrected chi connectivity index (χ3v) is 7.29. The lowest BCUT2D eigenvalue weighted by Gasteiger charge is -2.43.